The second-order valence-corrected chi connectivity index (χ2v) is 7.34. The fourth-order valence-corrected chi connectivity index (χ4v) is 4.04. The second-order valence-electron chi connectivity index (χ2n) is 6.49. The summed E-state index contributed by atoms with van der Waals surface area (Å²) < 4.78 is 3.16. The molecule has 128 valence electrons. The molecule has 2 heterocycles. The van der Waals surface area contributed by atoms with Crippen LogP contribution < -0.4 is 0 Å². The van der Waals surface area contributed by atoms with Gasteiger partial charge in [0.05, 0.1) is 12.2 Å². The van der Waals surface area contributed by atoms with E-state index in [2.05, 4.69) is 67.3 Å². The van der Waals surface area contributed by atoms with Crippen LogP contribution in [0.2, 0.25) is 0 Å². The molecule has 0 aliphatic carbocycles. The van der Waals surface area contributed by atoms with Gasteiger partial charge in [0.1, 0.15) is 12.2 Å². The number of nitrogens with zero attached hydrogens (tertiary/aromatic N) is 4. The molecule has 0 spiro atoms. The Morgan fingerprint density at radius 3 is 2.68 bits per heavy atom. The molecule has 0 saturated carbocycles. The summed E-state index contributed by atoms with van der Waals surface area (Å²) in [6.45, 7) is 1.96. The third-order valence-electron chi connectivity index (χ3n) is 4.88. The lowest BCUT2D eigenvalue weighted by Gasteiger charge is -2.24. The van der Waals surface area contributed by atoms with E-state index >= 15 is 0 Å². The standard InChI is InChI=1S/C20H21BrN4/c21-19-11-5-4-7-16(19)13-18-10-6-12-24(18)14-20-22-15-23-25(20)17-8-2-1-3-9-17/h1-5,7-9,11,15,18H,6,10,12-14H2. The zero-order chi connectivity index (χ0) is 17.1. The number of likely N-dealkylation sites (tertiary alicyclic amines) is 1. The summed E-state index contributed by atoms with van der Waals surface area (Å²) in [5, 5.41) is 4.42. The minimum absolute atomic E-state index is 0.555. The maximum absolute atomic E-state index is 4.52. The normalized spacial score (nSPS) is 17.9. The van der Waals surface area contributed by atoms with E-state index in [-0.39, 0.29) is 0 Å². The van der Waals surface area contributed by atoms with Crippen LogP contribution in [0.4, 0.5) is 0 Å². The van der Waals surface area contributed by atoms with Crippen molar-refractivity contribution in [2.24, 2.45) is 0 Å². The zero-order valence-electron chi connectivity index (χ0n) is 14.1. The molecule has 0 amide bonds. The summed E-state index contributed by atoms with van der Waals surface area (Å²) in [5.74, 6) is 1.00. The predicted octanol–water partition coefficient (Wildman–Crippen LogP) is 4.24. The van der Waals surface area contributed by atoms with Crippen molar-refractivity contribution in [1.29, 1.82) is 0 Å². The first-order chi connectivity index (χ1) is 12.3. The van der Waals surface area contributed by atoms with Gasteiger partial charge in [-0.3, -0.25) is 4.90 Å². The topological polar surface area (TPSA) is 34.0 Å². The van der Waals surface area contributed by atoms with Crippen LogP contribution in [0.5, 0.6) is 0 Å². The maximum atomic E-state index is 4.52. The number of para-hydroxylation sites is 1. The van der Waals surface area contributed by atoms with E-state index in [0.29, 0.717) is 6.04 Å². The highest BCUT2D eigenvalue weighted by Crippen LogP contribution is 2.26. The van der Waals surface area contributed by atoms with Crippen molar-refractivity contribution >= 4 is 15.9 Å². The summed E-state index contributed by atoms with van der Waals surface area (Å²) in [6.07, 6.45) is 5.21. The second kappa shape index (κ2) is 7.50. The van der Waals surface area contributed by atoms with Crippen molar-refractivity contribution in [2.45, 2.75) is 31.8 Å². The third-order valence-corrected chi connectivity index (χ3v) is 5.65. The van der Waals surface area contributed by atoms with Crippen molar-refractivity contribution in [3.05, 3.63) is 76.8 Å². The van der Waals surface area contributed by atoms with E-state index in [1.54, 1.807) is 6.33 Å². The molecular formula is C20H21BrN4. The number of hydrogen-bond donors (Lipinski definition) is 0. The van der Waals surface area contributed by atoms with Crippen molar-refractivity contribution in [3.8, 4) is 5.69 Å². The number of halogens is 1. The number of aromatic nitrogens is 3. The first kappa shape index (κ1) is 16.5. The highest BCUT2D eigenvalue weighted by Gasteiger charge is 2.26. The summed E-state index contributed by atoms with van der Waals surface area (Å²) in [7, 11) is 0. The van der Waals surface area contributed by atoms with Crippen LogP contribution in [-0.2, 0) is 13.0 Å². The fourth-order valence-electron chi connectivity index (χ4n) is 3.59. The molecule has 2 aromatic carbocycles. The fraction of sp³-hybridized carbons (Fsp3) is 0.300. The highest BCUT2D eigenvalue weighted by atomic mass is 79.9. The van der Waals surface area contributed by atoms with Crippen molar-refractivity contribution in [1.82, 2.24) is 19.7 Å². The number of rotatable bonds is 5. The molecule has 1 atom stereocenters. The summed E-state index contributed by atoms with van der Waals surface area (Å²) in [4.78, 5) is 7.06. The van der Waals surface area contributed by atoms with Gasteiger partial charge in [-0.1, -0.05) is 52.3 Å². The quantitative estimate of drug-likeness (QED) is 0.646. The lowest BCUT2D eigenvalue weighted by Crippen LogP contribution is -2.31. The van der Waals surface area contributed by atoms with Gasteiger partial charge in [-0.25, -0.2) is 9.67 Å². The molecule has 5 heteroatoms. The van der Waals surface area contributed by atoms with Gasteiger partial charge < -0.3 is 0 Å². The molecule has 1 aliphatic rings. The van der Waals surface area contributed by atoms with Crippen LogP contribution in [0.15, 0.2) is 65.4 Å². The molecule has 3 aromatic rings. The summed E-state index contributed by atoms with van der Waals surface area (Å²) in [5.41, 5.74) is 2.44. The van der Waals surface area contributed by atoms with Crippen LogP contribution in [0.3, 0.4) is 0 Å². The Morgan fingerprint density at radius 1 is 1.04 bits per heavy atom. The number of hydrogen-bond acceptors (Lipinski definition) is 3. The minimum atomic E-state index is 0.555. The molecule has 0 N–H and O–H groups in total. The van der Waals surface area contributed by atoms with Gasteiger partial charge in [-0.15, -0.1) is 0 Å². The minimum Gasteiger partial charge on any atom is -0.293 e. The first-order valence-corrected chi connectivity index (χ1v) is 9.52. The van der Waals surface area contributed by atoms with Crippen molar-refractivity contribution < 1.29 is 0 Å². The van der Waals surface area contributed by atoms with E-state index in [1.807, 2.05) is 22.9 Å². The predicted molar refractivity (Wildman–Crippen MR) is 103 cm³/mol. The Bertz CT molecular complexity index is 830. The maximum Gasteiger partial charge on any atom is 0.146 e. The summed E-state index contributed by atoms with van der Waals surface area (Å²) >= 11 is 3.68. The van der Waals surface area contributed by atoms with Gasteiger partial charge in [0.2, 0.25) is 0 Å². The van der Waals surface area contributed by atoms with E-state index < -0.39 is 0 Å². The Balaban J connectivity index is 1.51. The molecular weight excluding hydrogens is 376 g/mol. The first-order valence-electron chi connectivity index (χ1n) is 8.73. The van der Waals surface area contributed by atoms with E-state index in [4.69, 9.17) is 0 Å². The van der Waals surface area contributed by atoms with Crippen LogP contribution in [0, 0.1) is 0 Å². The van der Waals surface area contributed by atoms with Crippen molar-refractivity contribution in [2.75, 3.05) is 6.54 Å². The smallest absolute Gasteiger partial charge is 0.146 e. The van der Waals surface area contributed by atoms with Gasteiger partial charge in [0.15, 0.2) is 0 Å². The largest absolute Gasteiger partial charge is 0.293 e. The van der Waals surface area contributed by atoms with Gasteiger partial charge in [-0.2, -0.15) is 5.10 Å². The Kier molecular flexibility index (Phi) is 4.95. The van der Waals surface area contributed by atoms with Crippen LogP contribution in [-0.4, -0.2) is 32.3 Å². The van der Waals surface area contributed by atoms with Gasteiger partial charge >= 0.3 is 0 Å². The average molecular weight is 397 g/mol. The molecule has 1 unspecified atom stereocenters. The molecule has 4 nitrogen and oxygen atoms in total. The molecule has 0 radical (unpaired) electrons. The molecule has 1 fully saturated rings. The van der Waals surface area contributed by atoms with E-state index in [1.165, 1.54) is 22.9 Å². The van der Waals surface area contributed by atoms with E-state index in [9.17, 15) is 0 Å². The van der Waals surface area contributed by atoms with E-state index in [0.717, 1.165) is 31.0 Å². The molecule has 25 heavy (non-hydrogen) atoms. The van der Waals surface area contributed by atoms with Crippen molar-refractivity contribution in [3.63, 3.8) is 0 Å². The van der Waals surface area contributed by atoms with Gasteiger partial charge in [-0.05, 0) is 49.6 Å². The Labute approximate surface area is 156 Å². The number of benzene rings is 2. The van der Waals surface area contributed by atoms with Crippen LogP contribution >= 0.6 is 15.9 Å². The van der Waals surface area contributed by atoms with Crippen LogP contribution in [0.25, 0.3) is 5.69 Å². The van der Waals surface area contributed by atoms with Crippen LogP contribution in [0.1, 0.15) is 24.2 Å². The highest BCUT2D eigenvalue weighted by molar-refractivity contribution is 9.10. The molecule has 0 bridgehead atoms. The third kappa shape index (κ3) is 3.67. The lowest BCUT2D eigenvalue weighted by molar-refractivity contribution is 0.236. The van der Waals surface area contributed by atoms with Gasteiger partial charge in [0.25, 0.3) is 0 Å². The summed E-state index contributed by atoms with van der Waals surface area (Å²) in [6, 6.07) is 19.3. The Morgan fingerprint density at radius 2 is 1.84 bits per heavy atom. The molecule has 1 aliphatic heterocycles. The lowest BCUT2D eigenvalue weighted by atomic mass is 10.0. The Hall–Kier alpha value is -1.98. The average Bonchev–Trinajstić information content (AvgIpc) is 3.28. The molecule has 1 saturated heterocycles. The molecule has 1 aromatic heterocycles. The van der Waals surface area contributed by atoms with Gasteiger partial charge in [0, 0.05) is 10.5 Å². The SMILES string of the molecule is Brc1ccccc1CC1CCCN1Cc1ncnn1-c1ccccc1. The molecule has 4 rings (SSSR count). The zero-order valence-corrected chi connectivity index (χ0v) is 15.6. The monoisotopic (exact) mass is 396 g/mol.